The van der Waals surface area contributed by atoms with Gasteiger partial charge in [0.15, 0.2) is 0 Å². The number of carboxylic acid groups (broad SMARTS) is 1. The first-order chi connectivity index (χ1) is 7.56. The fourth-order valence-corrected chi connectivity index (χ4v) is 2.17. The molecule has 1 rings (SSSR count). The number of carbonyl (C=O) groups excluding carboxylic acids is 1. The molecule has 1 heterocycles. The van der Waals surface area contributed by atoms with Crippen molar-refractivity contribution in [2.24, 2.45) is 5.92 Å². The molecule has 0 saturated carbocycles. The van der Waals surface area contributed by atoms with E-state index in [1.54, 1.807) is 6.92 Å². The van der Waals surface area contributed by atoms with Gasteiger partial charge in [-0.2, -0.15) is 0 Å². The maximum atomic E-state index is 11.3. The van der Waals surface area contributed by atoms with E-state index >= 15 is 0 Å². The van der Waals surface area contributed by atoms with Gasteiger partial charge in [0.05, 0.1) is 13.0 Å². The second-order valence-corrected chi connectivity index (χ2v) is 4.46. The van der Waals surface area contributed by atoms with Crippen LogP contribution in [0.25, 0.3) is 0 Å². The molecular weight excluding hydrogens is 228 g/mol. The van der Waals surface area contributed by atoms with Crippen LogP contribution in [0, 0.1) is 5.92 Å². The summed E-state index contributed by atoms with van der Waals surface area (Å²) in [4.78, 5) is 22.6. The fraction of sp³-hybridized carbons (Fsp3) is 0.455. The van der Waals surface area contributed by atoms with Crippen molar-refractivity contribution in [2.45, 2.75) is 19.8 Å². The summed E-state index contributed by atoms with van der Waals surface area (Å²) in [5.74, 6) is -1.56. The van der Waals surface area contributed by atoms with Crippen LogP contribution >= 0.6 is 11.3 Å². The summed E-state index contributed by atoms with van der Waals surface area (Å²) < 4.78 is 4.64. The number of ether oxygens (including phenoxy) is 1. The molecule has 4 nitrogen and oxygen atoms in total. The molecule has 0 aliphatic heterocycles. The van der Waals surface area contributed by atoms with E-state index in [-0.39, 0.29) is 5.97 Å². The number of methoxy groups -OCH3 is 1. The predicted octanol–water partition coefficient (Wildman–Crippen LogP) is 2.19. The van der Waals surface area contributed by atoms with E-state index in [0.717, 1.165) is 5.56 Å². The molecule has 0 aromatic carbocycles. The summed E-state index contributed by atoms with van der Waals surface area (Å²) in [6, 6.07) is 1.84. The Morgan fingerprint density at radius 3 is 2.81 bits per heavy atom. The van der Waals surface area contributed by atoms with Gasteiger partial charge in [0.2, 0.25) is 0 Å². The van der Waals surface area contributed by atoms with Crippen LogP contribution in [-0.2, 0) is 16.0 Å². The van der Waals surface area contributed by atoms with E-state index in [2.05, 4.69) is 4.74 Å². The molecule has 88 valence electrons. The first-order valence-electron chi connectivity index (χ1n) is 4.93. The highest BCUT2D eigenvalue weighted by Gasteiger charge is 2.16. The minimum Gasteiger partial charge on any atom is -0.481 e. The standard InChI is InChI=1S/C11H14O4S/c1-7(10(12)13)3-4-8-5-6-16-9(8)11(14)15-2/h5-7H,3-4H2,1-2H3,(H,12,13). The van der Waals surface area contributed by atoms with Gasteiger partial charge in [0.1, 0.15) is 4.88 Å². The Hall–Kier alpha value is -1.36. The highest BCUT2D eigenvalue weighted by molar-refractivity contribution is 7.12. The first kappa shape index (κ1) is 12.7. The lowest BCUT2D eigenvalue weighted by Crippen LogP contribution is -2.11. The van der Waals surface area contributed by atoms with Crippen molar-refractivity contribution in [2.75, 3.05) is 7.11 Å². The average Bonchev–Trinajstić information content (AvgIpc) is 2.72. The second-order valence-electron chi connectivity index (χ2n) is 3.54. The molecule has 5 heteroatoms. The molecule has 0 saturated heterocycles. The number of carboxylic acids is 1. The van der Waals surface area contributed by atoms with Gasteiger partial charge in [-0.3, -0.25) is 4.79 Å². The minimum absolute atomic E-state index is 0.354. The van der Waals surface area contributed by atoms with E-state index in [9.17, 15) is 9.59 Å². The molecule has 0 aliphatic carbocycles. The van der Waals surface area contributed by atoms with Gasteiger partial charge in [0.25, 0.3) is 0 Å². The van der Waals surface area contributed by atoms with Crippen LogP contribution < -0.4 is 0 Å². The van der Waals surface area contributed by atoms with E-state index < -0.39 is 11.9 Å². The largest absolute Gasteiger partial charge is 0.481 e. The number of carbonyl (C=O) groups is 2. The number of thiophene rings is 1. The van der Waals surface area contributed by atoms with Crippen molar-refractivity contribution in [3.05, 3.63) is 21.9 Å². The Balaban J connectivity index is 2.64. The maximum Gasteiger partial charge on any atom is 0.348 e. The Morgan fingerprint density at radius 1 is 1.56 bits per heavy atom. The normalized spacial score (nSPS) is 12.1. The highest BCUT2D eigenvalue weighted by atomic mass is 32.1. The van der Waals surface area contributed by atoms with E-state index in [0.29, 0.717) is 17.7 Å². The molecule has 1 unspecified atom stereocenters. The topological polar surface area (TPSA) is 63.6 Å². The molecule has 16 heavy (non-hydrogen) atoms. The minimum atomic E-state index is -0.810. The van der Waals surface area contributed by atoms with Crippen molar-refractivity contribution >= 4 is 23.3 Å². The van der Waals surface area contributed by atoms with Crippen molar-refractivity contribution in [1.29, 1.82) is 0 Å². The lowest BCUT2D eigenvalue weighted by atomic mass is 10.0. The molecule has 1 N–H and O–H groups in total. The average molecular weight is 242 g/mol. The van der Waals surface area contributed by atoms with Gasteiger partial charge in [-0.25, -0.2) is 4.79 Å². The number of hydrogen-bond acceptors (Lipinski definition) is 4. The molecule has 1 aromatic rings. The number of rotatable bonds is 5. The lowest BCUT2D eigenvalue weighted by Gasteiger charge is -2.05. The SMILES string of the molecule is COC(=O)c1sccc1CCC(C)C(=O)O. The molecular formula is C11H14O4S. The van der Waals surface area contributed by atoms with Crippen LogP contribution in [0.3, 0.4) is 0 Å². The summed E-state index contributed by atoms with van der Waals surface area (Å²) in [7, 11) is 1.34. The predicted molar refractivity (Wildman–Crippen MR) is 60.8 cm³/mol. The maximum absolute atomic E-state index is 11.3. The monoisotopic (exact) mass is 242 g/mol. The smallest absolute Gasteiger partial charge is 0.348 e. The van der Waals surface area contributed by atoms with Gasteiger partial charge < -0.3 is 9.84 Å². The molecule has 1 atom stereocenters. The van der Waals surface area contributed by atoms with E-state index in [1.165, 1.54) is 18.4 Å². The van der Waals surface area contributed by atoms with Gasteiger partial charge in [-0.15, -0.1) is 11.3 Å². The summed E-state index contributed by atoms with van der Waals surface area (Å²) in [5, 5.41) is 10.6. The fourth-order valence-electron chi connectivity index (χ4n) is 1.30. The molecule has 0 fully saturated rings. The second kappa shape index (κ2) is 5.65. The van der Waals surface area contributed by atoms with E-state index in [4.69, 9.17) is 5.11 Å². The Morgan fingerprint density at radius 2 is 2.25 bits per heavy atom. The zero-order chi connectivity index (χ0) is 12.1. The van der Waals surface area contributed by atoms with Crippen LogP contribution in [-0.4, -0.2) is 24.2 Å². The molecule has 0 amide bonds. The van der Waals surface area contributed by atoms with Gasteiger partial charge in [0, 0.05) is 0 Å². The summed E-state index contributed by atoms with van der Waals surface area (Å²) >= 11 is 1.32. The Kier molecular flexibility index (Phi) is 4.49. The van der Waals surface area contributed by atoms with Gasteiger partial charge in [-0.05, 0) is 29.9 Å². The molecule has 1 aromatic heterocycles. The Labute approximate surface area is 97.9 Å². The molecule has 0 aliphatic rings. The summed E-state index contributed by atoms with van der Waals surface area (Å²) in [6.45, 7) is 1.66. The number of hydrogen-bond donors (Lipinski definition) is 1. The van der Waals surface area contributed by atoms with Crippen LogP contribution in [0.4, 0.5) is 0 Å². The Bertz CT molecular complexity index is 383. The third-order valence-electron chi connectivity index (χ3n) is 2.39. The molecule has 0 radical (unpaired) electrons. The zero-order valence-corrected chi connectivity index (χ0v) is 10.0. The van der Waals surface area contributed by atoms with Crippen LogP contribution in [0.1, 0.15) is 28.6 Å². The van der Waals surface area contributed by atoms with Crippen molar-refractivity contribution < 1.29 is 19.4 Å². The molecule has 0 spiro atoms. The quantitative estimate of drug-likeness (QED) is 0.804. The molecule has 0 bridgehead atoms. The first-order valence-corrected chi connectivity index (χ1v) is 5.81. The highest BCUT2D eigenvalue weighted by Crippen LogP contribution is 2.20. The number of esters is 1. The van der Waals surface area contributed by atoms with Crippen LogP contribution in [0.2, 0.25) is 0 Å². The summed E-state index contributed by atoms with van der Waals surface area (Å²) in [5.41, 5.74) is 0.866. The van der Waals surface area contributed by atoms with Crippen molar-refractivity contribution in [1.82, 2.24) is 0 Å². The zero-order valence-electron chi connectivity index (χ0n) is 9.23. The lowest BCUT2D eigenvalue weighted by molar-refractivity contribution is -0.141. The van der Waals surface area contributed by atoms with Gasteiger partial charge >= 0.3 is 11.9 Å². The third kappa shape index (κ3) is 3.06. The van der Waals surface area contributed by atoms with E-state index in [1.807, 2.05) is 11.4 Å². The van der Waals surface area contributed by atoms with Crippen molar-refractivity contribution in [3.8, 4) is 0 Å². The number of aliphatic carboxylic acids is 1. The van der Waals surface area contributed by atoms with Crippen LogP contribution in [0.15, 0.2) is 11.4 Å². The van der Waals surface area contributed by atoms with Crippen LogP contribution in [0.5, 0.6) is 0 Å². The number of aryl methyl sites for hydroxylation is 1. The van der Waals surface area contributed by atoms with Crippen molar-refractivity contribution in [3.63, 3.8) is 0 Å². The summed E-state index contributed by atoms with van der Waals surface area (Å²) in [6.07, 6.45) is 1.11. The third-order valence-corrected chi connectivity index (χ3v) is 3.32. The van der Waals surface area contributed by atoms with Gasteiger partial charge in [-0.1, -0.05) is 6.92 Å².